The topological polar surface area (TPSA) is 26.3 Å². The molecule has 0 fully saturated rings. The van der Waals surface area contributed by atoms with Gasteiger partial charge in [-0.3, -0.25) is 0 Å². The molecular weight excluding hydrogens is 104 g/mol. The molecule has 0 atom stereocenters. The Morgan fingerprint density at radius 3 is 2.00 bits per heavy atom. The Labute approximate surface area is 49.5 Å². The van der Waals surface area contributed by atoms with Crippen LogP contribution in [-0.2, 0) is 9.53 Å². The summed E-state index contributed by atoms with van der Waals surface area (Å²) in [6.07, 6.45) is 1.11. The molecule has 0 rings (SSSR count). The van der Waals surface area contributed by atoms with Gasteiger partial charge in [-0.25, -0.2) is 4.79 Å². The van der Waals surface area contributed by atoms with Gasteiger partial charge in [0.05, 0.1) is 7.11 Å². The van der Waals surface area contributed by atoms with Crippen molar-refractivity contribution in [3.05, 3.63) is 25.8 Å². The molecule has 0 aliphatic rings. The Hall–Kier alpha value is -1.05. The Morgan fingerprint density at radius 2 is 2.00 bits per heavy atom. The molecule has 0 heterocycles. The molecule has 2 nitrogen and oxygen atoms in total. The molecule has 0 aromatic rings. The number of hydrogen-bond acceptors (Lipinski definition) is 2. The molecule has 0 aliphatic heterocycles. The van der Waals surface area contributed by atoms with Gasteiger partial charge < -0.3 is 4.74 Å². The second-order valence-corrected chi connectivity index (χ2v) is 0.727. The number of rotatable bonds is 1. The SMILES string of the molecule is C=C.C=CC(=O)OC. The van der Waals surface area contributed by atoms with Crippen LogP contribution in [0.4, 0.5) is 0 Å². The summed E-state index contributed by atoms with van der Waals surface area (Å²) >= 11 is 0. The summed E-state index contributed by atoms with van der Waals surface area (Å²) in [5.74, 6) is -0.394. The number of carbonyl (C=O) groups is 1. The molecule has 0 aliphatic carbocycles. The molecule has 8 heavy (non-hydrogen) atoms. The number of methoxy groups -OCH3 is 1. The molecule has 0 saturated heterocycles. The van der Waals surface area contributed by atoms with E-state index in [0.29, 0.717) is 0 Å². The van der Waals surface area contributed by atoms with E-state index in [2.05, 4.69) is 24.5 Å². The third kappa shape index (κ3) is 8.87. The maximum atomic E-state index is 9.84. The van der Waals surface area contributed by atoms with Crippen molar-refractivity contribution in [2.75, 3.05) is 7.11 Å². The highest BCUT2D eigenvalue weighted by molar-refractivity contribution is 5.80. The minimum absolute atomic E-state index is 0.394. The lowest BCUT2D eigenvalue weighted by molar-refractivity contribution is -0.134. The predicted octanol–water partition coefficient (Wildman–Crippen LogP) is 1.15. The zero-order valence-corrected chi connectivity index (χ0v) is 5.02. The fourth-order valence-corrected chi connectivity index (χ4v) is 0.0833. The van der Waals surface area contributed by atoms with Crippen LogP contribution in [-0.4, -0.2) is 13.1 Å². The first-order chi connectivity index (χ1) is 3.81. The van der Waals surface area contributed by atoms with Crippen molar-refractivity contribution in [1.82, 2.24) is 0 Å². The molecule has 0 N–H and O–H groups in total. The fraction of sp³-hybridized carbons (Fsp3) is 0.167. The first-order valence-corrected chi connectivity index (χ1v) is 2.01. The van der Waals surface area contributed by atoms with Gasteiger partial charge in [0.25, 0.3) is 0 Å². The van der Waals surface area contributed by atoms with E-state index >= 15 is 0 Å². The van der Waals surface area contributed by atoms with Crippen LogP contribution in [0.1, 0.15) is 0 Å². The normalized spacial score (nSPS) is 5.62. The molecule has 0 amide bonds. The summed E-state index contributed by atoms with van der Waals surface area (Å²) in [7, 11) is 1.31. The third-order valence-electron chi connectivity index (χ3n) is 0.368. The monoisotopic (exact) mass is 114 g/mol. The van der Waals surface area contributed by atoms with Crippen LogP contribution in [0, 0.1) is 0 Å². The average Bonchev–Trinajstić information content (AvgIpc) is 1.91. The van der Waals surface area contributed by atoms with Crippen LogP contribution >= 0.6 is 0 Å². The highest BCUT2D eigenvalue weighted by Gasteiger charge is 1.81. The van der Waals surface area contributed by atoms with Gasteiger partial charge in [-0.1, -0.05) is 6.58 Å². The van der Waals surface area contributed by atoms with Crippen LogP contribution < -0.4 is 0 Å². The number of ether oxygens (including phenoxy) is 1. The molecule has 0 aromatic heterocycles. The molecule has 0 saturated carbocycles. The van der Waals surface area contributed by atoms with Crippen LogP contribution in [0.5, 0.6) is 0 Å². The van der Waals surface area contributed by atoms with Gasteiger partial charge in [0.1, 0.15) is 0 Å². The lowest BCUT2D eigenvalue weighted by Crippen LogP contribution is -1.91. The van der Waals surface area contributed by atoms with Crippen molar-refractivity contribution >= 4 is 5.97 Å². The van der Waals surface area contributed by atoms with E-state index in [4.69, 9.17) is 0 Å². The van der Waals surface area contributed by atoms with Crippen molar-refractivity contribution in [1.29, 1.82) is 0 Å². The Kier molecular flexibility index (Phi) is 11.7. The first kappa shape index (κ1) is 10.0. The third-order valence-corrected chi connectivity index (χ3v) is 0.368. The number of esters is 1. The summed E-state index contributed by atoms with van der Waals surface area (Å²) in [4.78, 5) is 9.84. The largest absolute Gasteiger partial charge is 0.466 e. The summed E-state index contributed by atoms with van der Waals surface area (Å²) in [5.41, 5.74) is 0. The van der Waals surface area contributed by atoms with Gasteiger partial charge in [0.2, 0.25) is 0 Å². The number of hydrogen-bond donors (Lipinski definition) is 0. The van der Waals surface area contributed by atoms with Gasteiger partial charge >= 0.3 is 5.97 Å². The summed E-state index contributed by atoms with van der Waals surface area (Å²) < 4.78 is 4.14. The van der Waals surface area contributed by atoms with Crippen LogP contribution in [0.25, 0.3) is 0 Å². The van der Waals surface area contributed by atoms with E-state index in [1.807, 2.05) is 0 Å². The minimum atomic E-state index is -0.394. The van der Waals surface area contributed by atoms with Gasteiger partial charge in [0.15, 0.2) is 0 Å². The van der Waals surface area contributed by atoms with E-state index in [-0.39, 0.29) is 0 Å². The fourth-order valence-electron chi connectivity index (χ4n) is 0.0833. The van der Waals surface area contributed by atoms with Gasteiger partial charge in [-0.05, 0) is 0 Å². The summed E-state index contributed by atoms with van der Waals surface area (Å²) in [6.45, 7) is 9.16. The molecule has 0 radical (unpaired) electrons. The van der Waals surface area contributed by atoms with E-state index in [1.54, 1.807) is 0 Å². The van der Waals surface area contributed by atoms with Crippen molar-refractivity contribution in [2.45, 2.75) is 0 Å². The highest BCUT2D eigenvalue weighted by atomic mass is 16.5. The predicted molar refractivity (Wildman–Crippen MR) is 33.5 cm³/mol. The van der Waals surface area contributed by atoms with Gasteiger partial charge in [0, 0.05) is 6.08 Å². The van der Waals surface area contributed by atoms with Crippen molar-refractivity contribution in [2.24, 2.45) is 0 Å². The van der Waals surface area contributed by atoms with E-state index < -0.39 is 5.97 Å². The average molecular weight is 114 g/mol. The lowest BCUT2D eigenvalue weighted by Gasteiger charge is -1.83. The Bertz CT molecular complexity index is 76.6. The van der Waals surface area contributed by atoms with Crippen LogP contribution in [0.15, 0.2) is 25.8 Å². The van der Waals surface area contributed by atoms with Crippen LogP contribution in [0.2, 0.25) is 0 Å². The second kappa shape index (κ2) is 9.34. The molecule has 46 valence electrons. The molecule has 0 unspecified atom stereocenters. The van der Waals surface area contributed by atoms with Crippen LogP contribution in [0.3, 0.4) is 0 Å². The minimum Gasteiger partial charge on any atom is -0.466 e. The molecule has 0 bridgehead atoms. The zero-order valence-electron chi connectivity index (χ0n) is 5.02. The molecule has 0 aromatic carbocycles. The standard InChI is InChI=1S/C4H6O2.C2H4/c1-3-4(5)6-2;1-2/h3H,1H2,2H3;1-2H2. The Balaban J connectivity index is 0. The summed E-state index contributed by atoms with van der Waals surface area (Å²) in [6, 6.07) is 0. The van der Waals surface area contributed by atoms with E-state index in [1.165, 1.54) is 7.11 Å². The highest BCUT2D eigenvalue weighted by Crippen LogP contribution is 1.67. The van der Waals surface area contributed by atoms with Gasteiger partial charge in [-0.2, -0.15) is 0 Å². The van der Waals surface area contributed by atoms with E-state index in [0.717, 1.165) is 6.08 Å². The first-order valence-electron chi connectivity index (χ1n) is 2.01. The zero-order chi connectivity index (χ0) is 6.99. The van der Waals surface area contributed by atoms with Gasteiger partial charge in [-0.15, -0.1) is 13.2 Å². The Morgan fingerprint density at radius 1 is 1.62 bits per heavy atom. The second-order valence-electron chi connectivity index (χ2n) is 0.727. The molecule has 0 spiro atoms. The van der Waals surface area contributed by atoms with Crippen molar-refractivity contribution in [3.63, 3.8) is 0 Å². The maximum absolute atomic E-state index is 9.84. The van der Waals surface area contributed by atoms with Crippen molar-refractivity contribution in [3.8, 4) is 0 Å². The number of carbonyl (C=O) groups excluding carboxylic acids is 1. The maximum Gasteiger partial charge on any atom is 0.329 e. The van der Waals surface area contributed by atoms with Crippen molar-refractivity contribution < 1.29 is 9.53 Å². The lowest BCUT2D eigenvalue weighted by atomic mass is 10.7. The molecule has 2 heteroatoms. The summed E-state index contributed by atoms with van der Waals surface area (Å²) in [5, 5.41) is 0. The smallest absolute Gasteiger partial charge is 0.329 e. The molecular formula is C6H10O2. The quantitative estimate of drug-likeness (QED) is 0.290. The van der Waals surface area contributed by atoms with E-state index in [9.17, 15) is 4.79 Å².